The lowest BCUT2D eigenvalue weighted by molar-refractivity contribution is 0.579. The first-order chi connectivity index (χ1) is 11.2. The van der Waals surface area contributed by atoms with Crippen LogP contribution < -0.4 is 0 Å². The predicted molar refractivity (Wildman–Crippen MR) is 92.2 cm³/mol. The Kier molecular flexibility index (Phi) is 2.70. The maximum Gasteiger partial charge on any atom is 0.159 e. The summed E-state index contributed by atoms with van der Waals surface area (Å²) >= 11 is 0. The Hall–Kier alpha value is -1.87. The minimum absolute atomic E-state index is 0.160. The van der Waals surface area contributed by atoms with Crippen molar-refractivity contribution in [3.05, 3.63) is 71.3 Å². The molecule has 0 spiro atoms. The molecule has 2 bridgehead atoms. The topological polar surface area (TPSA) is 34.1 Å². The fourth-order valence-corrected chi connectivity index (χ4v) is 6.87. The third kappa shape index (κ3) is 1.77. The van der Waals surface area contributed by atoms with Gasteiger partial charge in [-0.3, -0.25) is 0 Å². The Morgan fingerprint density at radius 2 is 1.43 bits per heavy atom. The van der Waals surface area contributed by atoms with Gasteiger partial charge in [0.1, 0.15) is 0 Å². The van der Waals surface area contributed by atoms with Crippen molar-refractivity contribution >= 4 is 9.84 Å². The van der Waals surface area contributed by atoms with Gasteiger partial charge in [-0.2, -0.15) is 0 Å². The van der Waals surface area contributed by atoms with E-state index in [2.05, 4.69) is 54.6 Å². The molecular weight excluding hydrogens is 304 g/mol. The second kappa shape index (κ2) is 4.57. The first-order valence-corrected chi connectivity index (χ1v) is 9.89. The first kappa shape index (κ1) is 13.6. The molecule has 2 aromatic carbocycles. The van der Waals surface area contributed by atoms with Gasteiger partial charge in [0.2, 0.25) is 0 Å². The molecule has 0 radical (unpaired) electrons. The molecule has 0 saturated carbocycles. The van der Waals surface area contributed by atoms with Crippen LogP contribution in [0.2, 0.25) is 0 Å². The fraction of sp³-hybridized carbons (Fsp3) is 0.300. The third-order valence-electron chi connectivity index (χ3n) is 5.73. The van der Waals surface area contributed by atoms with E-state index in [-0.39, 0.29) is 16.4 Å². The highest BCUT2D eigenvalue weighted by Crippen LogP contribution is 2.51. The van der Waals surface area contributed by atoms with Gasteiger partial charge >= 0.3 is 0 Å². The molecule has 2 aliphatic heterocycles. The van der Waals surface area contributed by atoms with E-state index in [1.165, 1.54) is 27.8 Å². The summed E-state index contributed by atoms with van der Waals surface area (Å²) in [5.74, 6) is 0.237. The Balaban J connectivity index is 1.70. The molecule has 5 rings (SSSR count). The molecule has 2 atom stereocenters. The van der Waals surface area contributed by atoms with Crippen LogP contribution in [0.1, 0.15) is 36.3 Å². The van der Waals surface area contributed by atoms with Crippen molar-refractivity contribution < 1.29 is 8.42 Å². The summed E-state index contributed by atoms with van der Waals surface area (Å²) < 4.78 is 24.8. The Morgan fingerprint density at radius 1 is 0.826 bits per heavy atom. The summed E-state index contributed by atoms with van der Waals surface area (Å²) in [7, 11) is -2.92. The zero-order chi connectivity index (χ0) is 15.6. The van der Waals surface area contributed by atoms with Crippen molar-refractivity contribution in [3.63, 3.8) is 0 Å². The SMILES string of the molecule is O=S1(=O)C2C=C(C3c4ccccc4-c4ccccc43)CC1CC2. The van der Waals surface area contributed by atoms with Gasteiger partial charge < -0.3 is 0 Å². The highest BCUT2D eigenvalue weighted by molar-refractivity contribution is 7.93. The second-order valence-corrected chi connectivity index (χ2v) is 9.33. The Morgan fingerprint density at radius 3 is 2.04 bits per heavy atom. The van der Waals surface area contributed by atoms with Gasteiger partial charge in [-0.1, -0.05) is 60.2 Å². The van der Waals surface area contributed by atoms with Gasteiger partial charge in [-0.15, -0.1) is 0 Å². The fourth-order valence-electron chi connectivity index (χ4n) is 4.66. The average Bonchev–Trinajstić information content (AvgIpc) is 2.91. The number of benzene rings is 2. The van der Waals surface area contributed by atoms with E-state index < -0.39 is 9.84 Å². The molecule has 0 N–H and O–H groups in total. The van der Waals surface area contributed by atoms with E-state index in [1.807, 2.05) is 0 Å². The largest absolute Gasteiger partial charge is 0.228 e. The van der Waals surface area contributed by atoms with Crippen LogP contribution >= 0.6 is 0 Å². The van der Waals surface area contributed by atoms with Crippen LogP contribution in [0, 0.1) is 0 Å². The molecule has 1 aliphatic carbocycles. The Bertz CT molecular complexity index is 894. The maximum absolute atomic E-state index is 12.4. The minimum atomic E-state index is -2.92. The van der Waals surface area contributed by atoms with Crippen molar-refractivity contribution in [2.75, 3.05) is 0 Å². The van der Waals surface area contributed by atoms with E-state index in [4.69, 9.17) is 0 Å². The van der Waals surface area contributed by atoms with Crippen LogP contribution in [-0.4, -0.2) is 18.9 Å². The van der Waals surface area contributed by atoms with Crippen molar-refractivity contribution in [2.24, 2.45) is 0 Å². The zero-order valence-electron chi connectivity index (χ0n) is 12.8. The minimum Gasteiger partial charge on any atom is -0.228 e. The lowest BCUT2D eigenvalue weighted by Crippen LogP contribution is -2.28. The standard InChI is InChI=1S/C20H18O2S/c21-23(22)14-9-10-15(23)12-13(11-14)20-18-7-3-1-5-16(18)17-6-2-4-8-19(17)20/h1-8,11,14-15,20H,9-10,12H2. The van der Waals surface area contributed by atoms with E-state index in [1.54, 1.807) is 0 Å². The summed E-state index contributed by atoms with van der Waals surface area (Å²) in [6, 6.07) is 17.1. The molecule has 0 amide bonds. The molecule has 2 heterocycles. The van der Waals surface area contributed by atoms with Gasteiger partial charge in [0, 0.05) is 5.92 Å². The second-order valence-electron chi connectivity index (χ2n) is 6.88. The number of allylic oxidation sites excluding steroid dienone is 1. The monoisotopic (exact) mass is 322 g/mol. The molecule has 2 unspecified atom stereocenters. The summed E-state index contributed by atoms with van der Waals surface area (Å²) in [5, 5.41) is -0.413. The van der Waals surface area contributed by atoms with Crippen LogP contribution in [0.25, 0.3) is 11.1 Å². The summed E-state index contributed by atoms with van der Waals surface area (Å²) in [4.78, 5) is 0. The molecule has 3 heteroatoms. The van der Waals surface area contributed by atoms with Crippen LogP contribution in [0.5, 0.6) is 0 Å². The highest BCUT2D eigenvalue weighted by Gasteiger charge is 2.45. The number of fused-ring (bicyclic) bond motifs is 5. The molecule has 2 aromatic rings. The van der Waals surface area contributed by atoms with Crippen LogP contribution in [-0.2, 0) is 9.84 Å². The third-order valence-corrected chi connectivity index (χ3v) is 8.28. The number of hydrogen-bond donors (Lipinski definition) is 0. The van der Waals surface area contributed by atoms with Gasteiger partial charge in [0.15, 0.2) is 9.84 Å². The molecule has 1 saturated heterocycles. The van der Waals surface area contributed by atoms with E-state index in [0.29, 0.717) is 6.42 Å². The zero-order valence-corrected chi connectivity index (χ0v) is 13.6. The normalized spacial score (nSPS) is 27.4. The Labute approximate surface area is 136 Å². The lowest BCUT2D eigenvalue weighted by atomic mass is 9.86. The molecule has 0 aromatic heterocycles. The van der Waals surface area contributed by atoms with Crippen LogP contribution in [0.4, 0.5) is 0 Å². The maximum atomic E-state index is 12.4. The summed E-state index contributed by atoms with van der Waals surface area (Å²) in [5.41, 5.74) is 6.58. The van der Waals surface area contributed by atoms with Gasteiger partial charge in [-0.25, -0.2) is 8.42 Å². The molecule has 3 aliphatic rings. The molecular formula is C20H18O2S. The lowest BCUT2D eigenvalue weighted by Gasteiger charge is -2.25. The van der Waals surface area contributed by atoms with Crippen molar-refractivity contribution in [2.45, 2.75) is 35.7 Å². The van der Waals surface area contributed by atoms with Crippen LogP contribution in [0.3, 0.4) is 0 Å². The van der Waals surface area contributed by atoms with Crippen LogP contribution in [0.15, 0.2) is 60.2 Å². The molecule has 1 fully saturated rings. The van der Waals surface area contributed by atoms with E-state index in [0.717, 1.165) is 12.8 Å². The van der Waals surface area contributed by atoms with Crippen molar-refractivity contribution in [1.29, 1.82) is 0 Å². The van der Waals surface area contributed by atoms with Gasteiger partial charge in [-0.05, 0) is 41.5 Å². The smallest absolute Gasteiger partial charge is 0.159 e. The number of hydrogen-bond acceptors (Lipinski definition) is 2. The first-order valence-electron chi connectivity index (χ1n) is 8.28. The average molecular weight is 322 g/mol. The van der Waals surface area contributed by atoms with Crippen molar-refractivity contribution in [1.82, 2.24) is 0 Å². The van der Waals surface area contributed by atoms with Gasteiger partial charge in [0.25, 0.3) is 0 Å². The summed E-state index contributed by atoms with van der Waals surface area (Å²) in [6.45, 7) is 0. The quantitative estimate of drug-likeness (QED) is 0.742. The molecule has 23 heavy (non-hydrogen) atoms. The highest BCUT2D eigenvalue weighted by atomic mass is 32.2. The number of rotatable bonds is 1. The predicted octanol–water partition coefficient (Wildman–Crippen LogP) is 4.07. The van der Waals surface area contributed by atoms with E-state index in [9.17, 15) is 8.42 Å². The molecule has 116 valence electrons. The summed E-state index contributed by atoms with van der Waals surface area (Å²) in [6.07, 6.45) is 4.39. The molecule has 2 nitrogen and oxygen atoms in total. The van der Waals surface area contributed by atoms with E-state index >= 15 is 0 Å². The van der Waals surface area contributed by atoms with Gasteiger partial charge in [0.05, 0.1) is 10.5 Å². The van der Waals surface area contributed by atoms with Crippen molar-refractivity contribution in [3.8, 4) is 11.1 Å². The number of sulfone groups is 1.